The smallest absolute Gasteiger partial charge is 0.321 e. The average molecular weight is 435 g/mol. The maximum absolute atomic E-state index is 12.2. The second kappa shape index (κ2) is 9.55. The van der Waals surface area contributed by atoms with Gasteiger partial charge in [0.2, 0.25) is 5.13 Å². The largest absolute Gasteiger partial charge is 0.394 e. The first-order chi connectivity index (χ1) is 15.2. The molecule has 0 aliphatic carbocycles. The van der Waals surface area contributed by atoms with Crippen molar-refractivity contribution in [1.82, 2.24) is 20.5 Å². The van der Waals surface area contributed by atoms with Crippen LogP contribution in [-0.2, 0) is 0 Å². The monoisotopic (exact) mass is 434 g/mol. The minimum atomic E-state index is -0.571. The van der Waals surface area contributed by atoms with Gasteiger partial charge >= 0.3 is 6.03 Å². The van der Waals surface area contributed by atoms with Crippen molar-refractivity contribution in [2.75, 3.05) is 29.9 Å². The number of nitrogens with one attached hydrogen (secondary N) is 2. The van der Waals surface area contributed by atoms with Crippen LogP contribution in [0.5, 0.6) is 0 Å². The van der Waals surface area contributed by atoms with Crippen molar-refractivity contribution >= 4 is 28.3 Å². The van der Waals surface area contributed by atoms with E-state index >= 15 is 0 Å². The predicted molar refractivity (Wildman–Crippen MR) is 121 cm³/mol. The molecule has 1 aromatic carbocycles. The first-order valence-electron chi connectivity index (χ1n) is 9.97. The van der Waals surface area contributed by atoms with Gasteiger partial charge in [-0.2, -0.15) is 0 Å². The number of benzene rings is 1. The third kappa shape index (κ3) is 4.99. The van der Waals surface area contributed by atoms with Gasteiger partial charge in [0.15, 0.2) is 5.01 Å². The summed E-state index contributed by atoms with van der Waals surface area (Å²) >= 11 is 1.10. The van der Waals surface area contributed by atoms with Gasteiger partial charge in [0.1, 0.15) is 5.82 Å². The molecular weight excluding hydrogens is 412 g/mol. The fraction of sp³-hybridized carbons (Fsp3) is 0.273. The number of hydrogen-bond acceptors (Lipinski definition) is 7. The molecule has 2 amide bonds. The van der Waals surface area contributed by atoms with Crippen LogP contribution in [0.25, 0.3) is 11.3 Å². The summed E-state index contributed by atoms with van der Waals surface area (Å²) in [6, 6.07) is 12.6. The summed E-state index contributed by atoms with van der Waals surface area (Å²) in [6.45, 7) is 1.84. The highest BCUT2D eigenvalue weighted by molar-refractivity contribution is 7.15. The van der Waals surface area contributed by atoms with Gasteiger partial charge in [-0.05, 0) is 36.5 Å². The summed E-state index contributed by atoms with van der Waals surface area (Å²) in [7, 11) is 0. The maximum atomic E-state index is 12.2. The van der Waals surface area contributed by atoms with Crippen LogP contribution < -0.4 is 15.5 Å². The van der Waals surface area contributed by atoms with Crippen LogP contribution in [0.4, 0.5) is 15.7 Å². The molecule has 0 saturated carbocycles. The van der Waals surface area contributed by atoms with Gasteiger partial charge in [-0.15, -0.1) is 16.6 Å². The number of carbonyl (C=O) groups excluding carboxylic acids is 1. The Bertz CT molecular complexity index is 1090. The molecule has 3 heterocycles. The van der Waals surface area contributed by atoms with E-state index in [9.17, 15) is 9.90 Å². The number of aromatic nitrogens is 3. The maximum Gasteiger partial charge on any atom is 0.321 e. The summed E-state index contributed by atoms with van der Waals surface area (Å²) < 4.78 is 0. The topological polar surface area (TPSA) is 103 Å². The van der Waals surface area contributed by atoms with Crippen molar-refractivity contribution in [2.24, 2.45) is 0 Å². The van der Waals surface area contributed by atoms with E-state index in [4.69, 9.17) is 11.4 Å². The lowest BCUT2D eigenvalue weighted by atomic mass is 10.0. The lowest BCUT2D eigenvalue weighted by Crippen LogP contribution is -2.34. The third-order valence-corrected chi connectivity index (χ3v) is 5.80. The molecule has 1 fully saturated rings. The number of terminal acetylenes is 1. The van der Waals surface area contributed by atoms with Gasteiger partial charge in [-0.3, -0.25) is 5.32 Å². The van der Waals surface area contributed by atoms with Crippen molar-refractivity contribution in [1.29, 1.82) is 0 Å². The Balaban J connectivity index is 1.43. The van der Waals surface area contributed by atoms with E-state index in [2.05, 4.69) is 31.7 Å². The number of carbonyl (C=O) groups is 1. The van der Waals surface area contributed by atoms with E-state index in [1.165, 1.54) is 12.8 Å². The highest BCUT2D eigenvalue weighted by Crippen LogP contribution is 2.25. The lowest BCUT2D eigenvalue weighted by molar-refractivity contribution is 0.225. The Hall–Kier alpha value is -3.48. The van der Waals surface area contributed by atoms with Gasteiger partial charge in [0, 0.05) is 18.7 Å². The zero-order valence-electron chi connectivity index (χ0n) is 16.8. The number of hydrogen-bond donors (Lipinski definition) is 3. The van der Waals surface area contributed by atoms with Gasteiger partial charge < -0.3 is 15.3 Å². The molecule has 3 N–H and O–H groups in total. The van der Waals surface area contributed by atoms with Gasteiger partial charge in [0.25, 0.3) is 0 Å². The molecule has 1 aliphatic heterocycles. The number of nitrogens with zero attached hydrogens (tertiary/aromatic N) is 4. The molecule has 9 heteroatoms. The number of urea groups is 1. The van der Waals surface area contributed by atoms with Crippen LogP contribution in [0.15, 0.2) is 42.5 Å². The number of aliphatic hydroxyl groups is 1. The second-order valence-electron chi connectivity index (χ2n) is 7.09. The Kier molecular flexibility index (Phi) is 6.40. The van der Waals surface area contributed by atoms with E-state index in [1.54, 1.807) is 0 Å². The Morgan fingerprint density at radius 1 is 1.19 bits per heavy atom. The lowest BCUT2D eigenvalue weighted by Gasteiger charge is -2.18. The summed E-state index contributed by atoms with van der Waals surface area (Å²) in [6.07, 6.45) is 7.66. The van der Waals surface area contributed by atoms with Crippen LogP contribution in [0, 0.1) is 12.3 Å². The molecule has 2 aromatic heterocycles. The minimum absolute atomic E-state index is 0.249. The second-order valence-corrected chi connectivity index (χ2v) is 8.07. The zero-order chi connectivity index (χ0) is 21.6. The Labute approximate surface area is 184 Å². The average Bonchev–Trinajstić information content (AvgIpc) is 3.50. The quantitative estimate of drug-likeness (QED) is 0.515. The Morgan fingerprint density at radius 2 is 1.97 bits per heavy atom. The fourth-order valence-electron chi connectivity index (χ4n) is 3.45. The molecule has 0 unspecified atom stereocenters. The molecule has 0 bridgehead atoms. The third-order valence-electron chi connectivity index (χ3n) is 5.03. The zero-order valence-corrected chi connectivity index (χ0v) is 17.6. The Morgan fingerprint density at radius 3 is 2.65 bits per heavy atom. The van der Waals surface area contributed by atoms with Crippen LogP contribution in [0.1, 0.15) is 29.5 Å². The number of anilines is 2. The van der Waals surface area contributed by atoms with Gasteiger partial charge in [-0.25, -0.2) is 9.78 Å². The summed E-state index contributed by atoms with van der Waals surface area (Å²) in [4.78, 5) is 19.3. The van der Waals surface area contributed by atoms with E-state index in [1.807, 2.05) is 42.5 Å². The molecule has 0 spiro atoms. The first kappa shape index (κ1) is 20.8. The van der Waals surface area contributed by atoms with Crippen molar-refractivity contribution in [2.45, 2.75) is 18.9 Å². The molecule has 4 rings (SSSR count). The first-order valence-corrected chi connectivity index (χ1v) is 10.8. The molecule has 1 saturated heterocycles. The molecule has 1 aliphatic rings. The van der Waals surface area contributed by atoms with Crippen LogP contribution in [0.3, 0.4) is 0 Å². The van der Waals surface area contributed by atoms with E-state index in [-0.39, 0.29) is 6.61 Å². The van der Waals surface area contributed by atoms with Gasteiger partial charge in [0.05, 0.1) is 18.3 Å². The van der Waals surface area contributed by atoms with Crippen LogP contribution >= 0.6 is 11.3 Å². The van der Waals surface area contributed by atoms with E-state index in [0.717, 1.165) is 47.1 Å². The summed E-state index contributed by atoms with van der Waals surface area (Å²) in [5, 5.41) is 23.3. The fourth-order valence-corrected chi connectivity index (χ4v) is 4.00. The normalized spacial score (nSPS) is 14.1. The van der Waals surface area contributed by atoms with Crippen molar-refractivity contribution < 1.29 is 9.90 Å². The molecule has 158 valence electrons. The van der Waals surface area contributed by atoms with E-state index in [0.29, 0.717) is 10.1 Å². The highest BCUT2D eigenvalue weighted by Gasteiger charge is 2.16. The number of aliphatic hydroxyl groups excluding tert-OH is 1. The SMILES string of the molecule is C#Cc1nnc(NC(=O)N[C@@H](CO)c2ccc(-c3cccc(N4CCCC4)n3)cc2)s1. The minimum Gasteiger partial charge on any atom is -0.394 e. The van der Waals surface area contributed by atoms with Gasteiger partial charge in [-0.1, -0.05) is 41.7 Å². The number of rotatable bonds is 6. The number of amides is 2. The molecule has 0 radical (unpaired) electrons. The molecular formula is C22H22N6O2S. The summed E-state index contributed by atoms with van der Waals surface area (Å²) in [5.41, 5.74) is 2.64. The molecule has 8 nitrogen and oxygen atoms in total. The predicted octanol–water partition coefficient (Wildman–Crippen LogP) is 3.04. The molecule has 31 heavy (non-hydrogen) atoms. The van der Waals surface area contributed by atoms with Crippen molar-refractivity contribution in [3.8, 4) is 23.6 Å². The van der Waals surface area contributed by atoms with Crippen LogP contribution in [-0.4, -0.2) is 46.0 Å². The van der Waals surface area contributed by atoms with Crippen LogP contribution in [0.2, 0.25) is 0 Å². The van der Waals surface area contributed by atoms with Crippen molar-refractivity contribution in [3.05, 3.63) is 53.0 Å². The number of pyridine rings is 1. The standard InChI is InChI=1S/C22H22N6O2S/c1-2-20-26-27-22(31-20)25-21(30)24-18(14-29)16-10-8-15(9-11-16)17-6-5-7-19(23-17)28-12-3-4-13-28/h1,5-11,18,29H,3-4,12-14H2,(H2,24,25,27,30)/t18-/m0/s1. The molecule has 3 aromatic rings. The molecule has 1 atom stereocenters. The van der Waals surface area contributed by atoms with Crippen molar-refractivity contribution in [3.63, 3.8) is 0 Å². The highest BCUT2D eigenvalue weighted by atomic mass is 32.1. The summed E-state index contributed by atoms with van der Waals surface area (Å²) in [5.74, 6) is 3.36. The van der Waals surface area contributed by atoms with E-state index < -0.39 is 12.1 Å².